The fourth-order valence-electron chi connectivity index (χ4n) is 15.4. The first-order chi connectivity index (χ1) is 49.0. The van der Waals surface area contributed by atoms with Crippen LogP contribution in [0.4, 0.5) is 0 Å². The highest BCUT2D eigenvalue weighted by atomic mass is 15.0. The molecule has 12 aromatic carbocycles. The van der Waals surface area contributed by atoms with Crippen LogP contribution in [0.25, 0.3) is 135 Å². The summed E-state index contributed by atoms with van der Waals surface area (Å²) in [7, 11) is 0. The Morgan fingerprint density at radius 2 is 0.284 bits per heavy atom. The van der Waals surface area contributed by atoms with E-state index in [0.717, 1.165) is 50.1 Å². The second-order valence-electron chi connectivity index (χ2n) is 28.4. The smallest absolute Gasteiger partial charge is 0.164 e. The molecule has 0 atom stereocenters. The Morgan fingerprint density at radius 1 is 0.137 bits per heavy atom. The van der Waals surface area contributed by atoms with Crippen molar-refractivity contribution in [3.63, 3.8) is 0 Å². The first kappa shape index (κ1) is 69.2. The van der Waals surface area contributed by atoms with Gasteiger partial charge in [-0.2, -0.15) is 0 Å². The zero-order valence-corrected chi connectivity index (χ0v) is 62.5. The van der Waals surface area contributed by atoms with Crippen molar-refractivity contribution < 1.29 is 0 Å². The summed E-state index contributed by atoms with van der Waals surface area (Å²) in [5.74, 6) is 4.03. The van der Waals surface area contributed by atoms with Crippen molar-refractivity contribution in [2.75, 3.05) is 0 Å². The van der Waals surface area contributed by atoms with Crippen molar-refractivity contribution in [2.45, 2.75) is 125 Å². The minimum atomic E-state index is 0.653. The Morgan fingerprint density at radius 3 is 0.480 bits per heavy atom. The van der Waals surface area contributed by atoms with E-state index in [1.54, 1.807) is 0 Å². The highest BCUT2D eigenvalue weighted by Gasteiger charge is 2.23. The van der Waals surface area contributed by atoms with Crippen LogP contribution in [0.15, 0.2) is 218 Å². The Balaban J connectivity index is 0.000000183. The molecule has 0 saturated carbocycles. The second-order valence-corrected chi connectivity index (χ2v) is 28.4. The molecule has 0 amide bonds. The molecule has 0 saturated heterocycles. The van der Waals surface area contributed by atoms with E-state index in [9.17, 15) is 0 Å². The van der Waals surface area contributed by atoms with Gasteiger partial charge in [-0.05, 0) is 310 Å². The van der Waals surface area contributed by atoms with Crippen LogP contribution >= 0.6 is 0 Å². The average molecular weight is 1330 g/mol. The zero-order valence-electron chi connectivity index (χ0n) is 62.5. The van der Waals surface area contributed by atoms with Crippen LogP contribution in [-0.4, -0.2) is 29.9 Å². The van der Waals surface area contributed by atoms with Gasteiger partial charge in [-0.25, -0.2) is 29.9 Å². The lowest BCUT2D eigenvalue weighted by Crippen LogP contribution is -2.04. The van der Waals surface area contributed by atoms with Crippen molar-refractivity contribution in [1.82, 2.24) is 29.9 Å². The van der Waals surface area contributed by atoms with Gasteiger partial charge in [0, 0.05) is 33.4 Å². The van der Waals surface area contributed by atoms with Crippen LogP contribution in [0.2, 0.25) is 0 Å². The fraction of sp³-hybridized carbons (Fsp3) is 0.188. The minimum Gasteiger partial charge on any atom is -0.208 e. The number of benzene rings is 12. The van der Waals surface area contributed by atoms with Crippen LogP contribution in [0.5, 0.6) is 0 Å². The van der Waals surface area contributed by atoms with Gasteiger partial charge in [-0.15, -0.1) is 0 Å². The SMILES string of the molecule is Cc1cc(-c2c(C)cccc2C)c(C)cc1-c1nc(-c2cc(C)c(-c3c(C)cccc3C)cc2C)nc(-c2cc(C)c(-c3c(C)cccc3C)cc2C)n1.Cc1cccc(C)c1-c1ccc(-c2nc(-c3ccc(-c4c(C)cccc4C)cc3)nc(-c3ccc(-c4c(C)cccc4C)cc3)n2)cc1. The Kier molecular flexibility index (Phi) is 19.5. The van der Waals surface area contributed by atoms with Gasteiger partial charge in [0.05, 0.1) is 0 Å². The maximum atomic E-state index is 5.30. The maximum absolute atomic E-state index is 5.30. The van der Waals surface area contributed by atoms with Crippen LogP contribution < -0.4 is 0 Å². The van der Waals surface area contributed by atoms with Gasteiger partial charge in [-0.1, -0.05) is 200 Å². The number of aryl methyl sites for hydroxylation is 18. The Labute approximate surface area is 604 Å². The molecule has 14 rings (SSSR count). The van der Waals surface area contributed by atoms with E-state index < -0.39 is 0 Å². The lowest BCUT2D eigenvalue weighted by Gasteiger charge is -2.19. The topological polar surface area (TPSA) is 77.3 Å². The quantitative estimate of drug-likeness (QED) is 0.121. The predicted molar refractivity (Wildman–Crippen MR) is 430 cm³/mol. The van der Waals surface area contributed by atoms with Crippen molar-refractivity contribution >= 4 is 0 Å². The van der Waals surface area contributed by atoms with Gasteiger partial charge >= 0.3 is 0 Å². The zero-order chi connectivity index (χ0) is 71.9. The molecule has 14 aromatic rings. The number of hydrogen-bond acceptors (Lipinski definition) is 6. The summed E-state index contributed by atoms with van der Waals surface area (Å²) in [5.41, 5.74) is 43.2. The Bertz CT molecular complexity index is 4880. The molecule has 102 heavy (non-hydrogen) atoms. The number of rotatable bonds is 12. The molecule has 0 aliphatic rings. The summed E-state index contributed by atoms with van der Waals surface area (Å²) in [6, 6.07) is 78.4. The first-order valence-electron chi connectivity index (χ1n) is 35.6. The van der Waals surface area contributed by atoms with Crippen molar-refractivity contribution in [1.29, 1.82) is 0 Å². The number of nitrogens with zero attached hydrogens (tertiary/aromatic N) is 6. The highest BCUT2D eigenvalue weighted by molar-refractivity contribution is 5.84. The molecule has 0 spiro atoms. The van der Waals surface area contributed by atoms with Crippen LogP contribution in [-0.2, 0) is 0 Å². The molecule has 0 radical (unpaired) electrons. The molecule has 6 nitrogen and oxygen atoms in total. The molecule has 0 bridgehead atoms. The maximum Gasteiger partial charge on any atom is 0.164 e. The van der Waals surface area contributed by atoms with Gasteiger partial charge in [0.25, 0.3) is 0 Å². The second kappa shape index (κ2) is 28.7. The molecule has 0 unspecified atom stereocenters. The van der Waals surface area contributed by atoms with E-state index >= 15 is 0 Å². The normalized spacial score (nSPS) is 11.2. The summed E-state index contributed by atoms with van der Waals surface area (Å²) in [4.78, 5) is 31.0. The van der Waals surface area contributed by atoms with E-state index in [1.807, 2.05) is 0 Å². The van der Waals surface area contributed by atoms with E-state index in [0.29, 0.717) is 34.9 Å². The van der Waals surface area contributed by atoms with E-state index in [-0.39, 0.29) is 0 Å². The molecule has 0 N–H and O–H groups in total. The molecule has 6 heteroatoms. The largest absolute Gasteiger partial charge is 0.208 e. The number of hydrogen-bond donors (Lipinski definition) is 0. The third kappa shape index (κ3) is 13.7. The fourth-order valence-corrected chi connectivity index (χ4v) is 15.4. The monoisotopic (exact) mass is 1330 g/mol. The lowest BCUT2D eigenvalue weighted by atomic mass is 9.89. The number of aromatic nitrogens is 6. The van der Waals surface area contributed by atoms with E-state index in [2.05, 4.69) is 343 Å². The minimum absolute atomic E-state index is 0.653. The third-order valence-electron chi connectivity index (χ3n) is 20.7. The van der Waals surface area contributed by atoms with E-state index in [4.69, 9.17) is 29.9 Å². The molecule has 504 valence electrons. The third-order valence-corrected chi connectivity index (χ3v) is 20.7. The van der Waals surface area contributed by atoms with E-state index in [1.165, 1.54) is 150 Å². The molecule has 0 aliphatic carbocycles. The summed E-state index contributed by atoms with van der Waals surface area (Å²) < 4.78 is 0. The van der Waals surface area contributed by atoms with Crippen molar-refractivity contribution in [3.05, 3.63) is 319 Å². The van der Waals surface area contributed by atoms with Crippen LogP contribution in [0.3, 0.4) is 0 Å². The van der Waals surface area contributed by atoms with Crippen LogP contribution in [0, 0.1) is 125 Å². The first-order valence-corrected chi connectivity index (χ1v) is 35.6. The van der Waals surface area contributed by atoms with Gasteiger partial charge < -0.3 is 0 Å². The molecule has 2 aromatic heterocycles. The van der Waals surface area contributed by atoms with Gasteiger partial charge in [0.1, 0.15) is 0 Å². The lowest BCUT2D eigenvalue weighted by molar-refractivity contribution is 1.06. The Hall–Kier alpha value is -11.3. The summed E-state index contributed by atoms with van der Waals surface area (Å²) >= 11 is 0. The van der Waals surface area contributed by atoms with Gasteiger partial charge in [0.2, 0.25) is 0 Å². The van der Waals surface area contributed by atoms with Crippen LogP contribution in [0.1, 0.15) is 100 Å². The summed E-state index contributed by atoms with van der Waals surface area (Å²) in [6.07, 6.45) is 0. The molecular weight excluding hydrogens is 1240 g/mol. The standard InChI is InChI=1S/C51H51N3.C45H39N3/c1-28-16-13-17-29(2)46(28)40-22-37(10)43(25-34(40)7)49-52-50(44-26-35(8)41(23-38(44)11)47-30(3)18-14-19-31(47)4)54-51(53-49)45-27-36(9)42(24-39(45)12)48-32(5)20-15-21-33(48)6;1-28-10-7-11-29(2)40(28)34-16-22-37(23-17-34)43-46-44(38-24-18-35(19-25-38)41-30(3)12-8-13-31(41)4)48-45(47-43)39-26-20-36(21-27-39)42-32(5)14-9-15-33(42)6/h13-27H,1-12H3;7-27H,1-6H3. The molecular formula is C96H90N6. The molecule has 2 heterocycles. The van der Waals surface area contributed by atoms with Crippen molar-refractivity contribution in [3.8, 4) is 135 Å². The van der Waals surface area contributed by atoms with Crippen molar-refractivity contribution in [2.24, 2.45) is 0 Å². The summed E-state index contributed by atoms with van der Waals surface area (Å²) in [6.45, 7) is 39.3. The average Bonchev–Trinajstić information content (AvgIpc) is 0.771. The highest BCUT2D eigenvalue weighted by Crippen LogP contribution is 2.41. The molecule has 0 aliphatic heterocycles. The van der Waals surface area contributed by atoms with Gasteiger partial charge in [0.15, 0.2) is 34.9 Å². The van der Waals surface area contributed by atoms with Gasteiger partial charge in [-0.3, -0.25) is 0 Å². The summed E-state index contributed by atoms with van der Waals surface area (Å²) in [5, 5.41) is 0. The molecule has 0 fully saturated rings. The predicted octanol–water partition coefficient (Wildman–Crippen LogP) is 25.3.